The summed E-state index contributed by atoms with van der Waals surface area (Å²) in [6.45, 7) is 5.57. The lowest BCUT2D eigenvalue weighted by Crippen LogP contribution is -2.44. The molecule has 3 heterocycles. The van der Waals surface area contributed by atoms with Crippen molar-refractivity contribution in [3.8, 4) is 0 Å². The van der Waals surface area contributed by atoms with E-state index in [0.717, 1.165) is 44.6 Å². The number of rotatable bonds is 3. The van der Waals surface area contributed by atoms with E-state index in [1.165, 1.54) is 6.42 Å². The van der Waals surface area contributed by atoms with Gasteiger partial charge in [0.1, 0.15) is 5.69 Å². The Morgan fingerprint density at radius 3 is 2.74 bits per heavy atom. The third-order valence-corrected chi connectivity index (χ3v) is 5.48. The molecule has 1 atom stereocenters. The van der Waals surface area contributed by atoms with Crippen molar-refractivity contribution in [3.05, 3.63) is 29.6 Å². The maximum Gasteiger partial charge on any atom is 0.272 e. The zero-order valence-electron chi connectivity index (χ0n) is 14.4. The maximum absolute atomic E-state index is 12.6. The van der Waals surface area contributed by atoms with Gasteiger partial charge in [0.05, 0.1) is 6.61 Å². The third kappa shape index (κ3) is 3.40. The van der Waals surface area contributed by atoms with Crippen molar-refractivity contribution in [2.45, 2.75) is 32.2 Å². The fourth-order valence-corrected chi connectivity index (χ4v) is 4.06. The van der Waals surface area contributed by atoms with Gasteiger partial charge in [-0.1, -0.05) is 6.07 Å². The number of piperidine rings is 1. The van der Waals surface area contributed by atoms with E-state index in [1.807, 2.05) is 24.0 Å². The number of likely N-dealkylation sites (tertiary alicyclic amines) is 2. The van der Waals surface area contributed by atoms with Gasteiger partial charge in [0, 0.05) is 39.0 Å². The van der Waals surface area contributed by atoms with Crippen LogP contribution in [-0.4, -0.2) is 67.1 Å². The Morgan fingerprint density at radius 2 is 2.13 bits per heavy atom. The molecule has 0 bridgehead atoms. The Balaban J connectivity index is 1.60. The number of carbonyl (C=O) groups is 1. The van der Waals surface area contributed by atoms with Gasteiger partial charge in [0.15, 0.2) is 0 Å². The Labute approximate surface area is 138 Å². The van der Waals surface area contributed by atoms with Crippen LogP contribution < -0.4 is 0 Å². The first kappa shape index (κ1) is 16.4. The normalized spacial score (nSPS) is 24.3. The predicted octanol–water partition coefficient (Wildman–Crippen LogP) is 1.96. The number of aryl methyl sites for hydroxylation is 1. The van der Waals surface area contributed by atoms with Gasteiger partial charge in [-0.25, -0.2) is 0 Å². The van der Waals surface area contributed by atoms with E-state index in [1.54, 1.807) is 13.3 Å². The zero-order valence-corrected chi connectivity index (χ0v) is 14.4. The molecule has 0 radical (unpaired) electrons. The van der Waals surface area contributed by atoms with Crippen LogP contribution in [0.1, 0.15) is 35.3 Å². The van der Waals surface area contributed by atoms with Crippen LogP contribution in [0, 0.1) is 12.3 Å². The second-order valence-electron chi connectivity index (χ2n) is 7.24. The third-order valence-electron chi connectivity index (χ3n) is 5.48. The molecule has 0 aliphatic carbocycles. The van der Waals surface area contributed by atoms with Crippen molar-refractivity contribution in [1.29, 1.82) is 0 Å². The lowest BCUT2D eigenvalue weighted by Gasteiger charge is -2.39. The van der Waals surface area contributed by atoms with Crippen molar-refractivity contribution < 1.29 is 9.53 Å². The van der Waals surface area contributed by atoms with Gasteiger partial charge in [-0.05, 0) is 50.3 Å². The van der Waals surface area contributed by atoms with Crippen LogP contribution in [0.4, 0.5) is 0 Å². The van der Waals surface area contributed by atoms with Crippen molar-refractivity contribution >= 4 is 5.91 Å². The van der Waals surface area contributed by atoms with E-state index >= 15 is 0 Å². The van der Waals surface area contributed by atoms with E-state index < -0.39 is 0 Å². The lowest BCUT2D eigenvalue weighted by atomic mass is 9.76. The van der Waals surface area contributed by atoms with E-state index in [-0.39, 0.29) is 5.91 Å². The molecule has 1 aromatic rings. The minimum absolute atomic E-state index is 0.0691. The molecule has 0 saturated carbocycles. The summed E-state index contributed by atoms with van der Waals surface area (Å²) in [6, 6.07) is 4.30. The van der Waals surface area contributed by atoms with Crippen LogP contribution in [0.5, 0.6) is 0 Å². The molecule has 1 spiro atoms. The summed E-state index contributed by atoms with van der Waals surface area (Å²) >= 11 is 0. The minimum atomic E-state index is 0.0691. The average Bonchev–Trinajstić information content (AvgIpc) is 2.84. The first-order valence-electron chi connectivity index (χ1n) is 8.44. The number of nitrogens with zero attached hydrogens (tertiary/aromatic N) is 3. The number of pyridine rings is 1. The van der Waals surface area contributed by atoms with Gasteiger partial charge in [-0.3, -0.25) is 9.78 Å². The van der Waals surface area contributed by atoms with Crippen LogP contribution in [0.2, 0.25) is 0 Å². The highest BCUT2D eigenvalue weighted by atomic mass is 16.5. The van der Waals surface area contributed by atoms with Gasteiger partial charge >= 0.3 is 0 Å². The number of methoxy groups -OCH3 is 1. The number of hydrogen-bond donors (Lipinski definition) is 0. The molecule has 0 N–H and O–H groups in total. The molecule has 5 heteroatoms. The van der Waals surface area contributed by atoms with Gasteiger partial charge in [0.2, 0.25) is 0 Å². The number of amides is 1. The monoisotopic (exact) mass is 317 g/mol. The van der Waals surface area contributed by atoms with Crippen molar-refractivity contribution in [3.63, 3.8) is 0 Å². The van der Waals surface area contributed by atoms with Gasteiger partial charge in [-0.2, -0.15) is 0 Å². The van der Waals surface area contributed by atoms with Gasteiger partial charge < -0.3 is 14.5 Å². The quantitative estimate of drug-likeness (QED) is 0.855. The van der Waals surface area contributed by atoms with E-state index in [9.17, 15) is 4.79 Å². The molecule has 0 aromatic carbocycles. The van der Waals surface area contributed by atoms with Gasteiger partial charge in [0.25, 0.3) is 5.91 Å². The van der Waals surface area contributed by atoms with Crippen LogP contribution in [0.15, 0.2) is 18.3 Å². The van der Waals surface area contributed by atoms with Crippen molar-refractivity contribution in [2.75, 3.05) is 40.4 Å². The fourth-order valence-electron chi connectivity index (χ4n) is 4.06. The summed E-state index contributed by atoms with van der Waals surface area (Å²) in [7, 11) is 3.96. The van der Waals surface area contributed by atoms with E-state index in [4.69, 9.17) is 4.74 Å². The highest BCUT2D eigenvalue weighted by molar-refractivity contribution is 5.92. The number of carbonyl (C=O) groups excluding carboxylic acids is 1. The minimum Gasteiger partial charge on any atom is -0.383 e. The molecule has 126 valence electrons. The number of ether oxygens (including phenoxy) is 1. The SMILES string of the molecule is COC[C@H]1CC2(CCN(C(=O)c3ccc(C)cn3)CC2)CN1C. The predicted molar refractivity (Wildman–Crippen MR) is 89.5 cm³/mol. The first-order valence-corrected chi connectivity index (χ1v) is 8.44. The molecular formula is C18H27N3O2. The standard InChI is InChI=1S/C18H27N3O2/c1-14-4-5-16(19-11-14)17(22)21-8-6-18(7-9-21)10-15(12-23-3)20(2)13-18/h4-5,11,15H,6-10,12-13H2,1-3H3/t15-/m1/s1. The number of hydrogen-bond acceptors (Lipinski definition) is 4. The summed E-state index contributed by atoms with van der Waals surface area (Å²) in [6.07, 6.45) is 5.10. The Kier molecular flexibility index (Phi) is 4.69. The Morgan fingerprint density at radius 1 is 1.39 bits per heavy atom. The molecular weight excluding hydrogens is 290 g/mol. The smallest absolute Gasteiger partial charge is 0.272 e. The molecule has 1 aromatic heterocycles. The second kappa shape index (κ2) is 6.57. The first-order chi connectivity index (χ1) is 11.0. The molecule has 1 amide bonds. The highest BCUT2D eigenvalue weighted by Gasteiger charge is 2.44. The van der Waals surface area contributed by atoms with Crippen molar-refractivity contribution in [2.24, 2.45) is 5.41 Å². The Hall–Kier alpha value is -1.46. The van der Waals surface area contributed by atoms with Crippen LogP contribution >= 0.6 is 0 Å². The van der Waals surface area contributed by atoms with Gasteiger partial charge in [-0.15, -0.1) is 0 Å². The number of likely N-dealkylation sites (N-methyl/N-ethyl adjacent to an activating group) is 1. The van der Waals surface area contributed by atoms with Crippen LogP contribution in [0.25, 0.3) is 0 Å². The maximum atomic E-state index is 12.6. The number of aromatic nitrogens is 1. The fraction of sp³-hybridized carbons (Fsp3) is 0.667. The highest BCUT2D eigenvalue weighted by Crippen LogP contribution is 2.42. The zero-order chi connectivity index (χ0) is 16.4. The molecule has 2 aliphatic rings. The lowest BCUT2D eigenvalue weighted by molar-refractivity contribution is 0.0586. The molecule has 23 heavy (non-hydrogen) atoms. The Bertz CT molecular complexity index is 550. The molecule has 2 aliphatic heterocycles. The van der Waals surface area contributed by atoms with Crippen molar-refractivity contribution in [1.82, 2.24) is 14.8 Å². The molecule has 2 saturated heterocycles. The van der Waals surface area contributed by atoms with E-state index in [0.29, 0.717) is 17.2 Å². The summed E-state index contributed by atoms with van der Waals surface area (Å²) in [5.41, 5.74) is 2.00. The molecule has 2 fully saturated rings. The largest absolute Gasteiger partial charge is 0.383 e. The second-order valence-corrected chi connectivity index (χ2v) is 7.24. The molecule has 5 nitrogen and oxygen atoms in total. The molecule has 3 rings (SSSR count). The van der Waals surface area contributed by atoms with Crippen LogP contribution in [-0.2, 0) is 4.74 Å². The summed E-state index contributed by atoms with van der Waals surface area (Å²) in [5.74, 6) is 0.0691. The summed E-state index contributed by atoms with van der Waals surface area (Å²) in [4.78, 5) is 21.2. The van der Waals surface area contributed by atoms with Crippen LogP contribution in [0.3, 0.4) is 0 Å². The summed E-state index contributed by atoms with van der Waals surface area (Å²) in [5, 5.41) is 0. The average molecular weight is 317 g/mol. The molecule has 0 unspecified atom stereocenters. The summed E-state index contributed by atoms with van der Waals surface area (Å²) < 4.78 is 5.34. The topological polar surface area (TPSA) is 45.7 Å². The van der Waals surface area contributed by atoms with E-state index in [2.05, 4.69) is 16.9 Å².